The van der Waals surface area contributed by atoms with E-state index in [2.05, 4.69) is 15.5 Å². The molecular formula is C22H26Cl2N4O4S. The lowest BCUT2D eigenvalue weighted by Crippen LogP contribution is -2.45. The van der Waals surface area contributed by atoms with Crippen LogP contribution in [0.3, 0.4) is 0 Å². The summed E-state index contributed by atoms with van der Waals surface area (Å²) in [6.07, 6.45) is 2.42. The Balaban J connectivity index is 0.00000306. The summed E-state index contributed by atoms with van der Waals surface area (Å²) in [5, 5.41) is 16.0. The van der Waals surface area contributed by atoms with Gasteiger partial charge in [-0.1, -0.05) is 11.6 Å². The van der Waals surface area contributed by atoms with Crippen molar-refractivity contribution in [3.63, 3.8) is 0 Å². The first kappa shape index (κ1) is 25.3. The van der Waals surface area contributed by atoms with E-state index in [1.165, 1.54) is 11.3 Å². The SMILES string of the molecule is CC(C)(CN1C2CCC1c1sc(NC(=O)Nc3ccc(Cl)cc3)c(C(N)=O)c1C2)C(=O)O.Cl. The van der Waals surface area contributed by atoms with Gasteiger partial charge < -0.3 is 16.2 Å². The van der Waals surface area contributed by atoms with E-state index in [1.54, 1.807) is 38.1 Å². The summed E-state index contributed by atoms with van der Waals surface area (Å²) >= 11 is 7.22. The number of nitrogens with zero attached hydrogens (tertiary/aromatic N) is 1. The fourth-order valence-corrected chi connectivity index (χ4v) is 6.05. The lowest BCUT2D eigenvalue weighted by Gasteiger charge is -2.38. The van der Waals surface area contributed by atoms with Gasteiger partial charge in [0.2, 0.25) is 0 Å². The average molecular weight is 513 g/mol. The Morgan fingerprint density at radius 3 is 2.48 bits per heavy atom. The fourth-order valence-electron chi connectivity index (χ4n) is 4.54. The van der Waals surface area contributed by atoms with E-state index in [1.807, 2.05) is 0 Å². The van der Waals surface area contributed by atoms with Crippen LogP contribution in [0.1, 0.15) is 53.5 Å². The standard InChI is InChI=1S/C22H25ClN4O4S.ClH/c1-22(2,20(29)30)10-27-13-7-8-15(27)17-14(9-13)16(18(24)28)19(32-17)26-21(31)25-12-5-3-11(23)4-6-12;/h3-6,13,15H,7-10H2,1-2H3,(H2,24,28)(H,29,30)(H2,25,26,31);1H. The number of primary amides is 1. The number of carbonyl (C=O) groups excluding carboxylic acids is 2. The number of thiophene rings is 1. The number of anilines is 2. The zero-order chi connectivity index (χ0) is 23.2. The molecule has 4 rings (SSSR count). The second-order valence-electron chi connectivity index (χ2n) is 8.91. The molecule has 1 aromatic carbocycles. The molecule has 0 saturated carbocycles. The molecule has 1 fully saturated rings. The Bertz CT molecular complexity index is 1090. The molecule has 0 radical (unpaired) electrons. The summed E-state index contributed by atoms with van der Waals surface area (Å²) in [7, 11) is 0. The highest BCUT2D eigenvalue weighted by Gasteiger charge is 2.46. The van der Waals surface area contributed by atoms with E-state index in [0.29, 0.717) is 34.2 Å². The van der Waals surface area contributed by atoms with Gasteiger partial charge in [-0.3, -0.25) is 19.8 Å². The number of fused-ring (bicyclic) bond motifs is 4. The van der Waals surface area contributed by atoms with E-state index < -0.39 is 23.3 Å². The highest BCUT2D eigenvalue weighted by molar-refractivity contribution is 7.17. The Labute approximate surface area is 206 Å². The van der Waals surface area contributed by atoms with Gasteiger partial charge >= 0.3 is 12.0 Å². The summed E-state index contributed by atoms with van der Waals surface area (Å²) in [6.45, 7) is 3.87. The highest BCUT2D eigenvalue weighted by atomic mass is 35.5. The second kappa shape index (κ2) is 9.50. The molecule has 2 aliphatic heterocycles. The first-order chi connectivity index (χ1) is 15.1. The lowest BCUT2D eigenvalue weighted by molar-refractivity contribution is -0.148. The zero-order valence-electron chi connectivity index (χ0n) is 18.2. The molecule has 2 atom stereocenters. The third kappa shape index (κ3) is 4.96. The number of carbonyl (C=O) groups is 3. The molecule has 178 valence electrons. The summed E-state index contributed by atoms with van der Waals surface area (Å²) in [4.78, 5) is 39.8. The largest absolute Gasteiger partial charge is 0.481 e. The predicted molar refractivity (Wildman–Crippen MR) is 132 cm³/mol. The molecule has 2 aromatic rings. The minimum Gasteiger partial charge on any atom is -0.481 e. The van der Waals surface area contributed by atoms with Crippen LogP contribution < -0.4 is 16.4 Å². The van der Waals surface area contributed by atoms with E-state index in [0.717, 1.165) is 23.3 Å². The third-order valence-electron chi connectivity index (χ3n) is 6.16. The van der Waals surface area contributed by atoms with Crippen molar-refractivity contribution in [2.45, 2.75) is 45.2 Å². The van der Waals surface area contributed by atoms with Crippen molar-refractivity contribution in [2.24, 2.45) is 11.1 Å². The van der Waals surface area contributed by atoms with Gasteiger partial charge in [-0.15, -0.1) is 23.7 Å². The molecule has 3 heterocycles. The number of amides is 3. The maximum Gasteiger partial charge on any atom is 0.324 e. The van der Waals surface area contributed by atoms with Gasteiger partial charge in [-0.05, 0) is 62.9 Å². The van der Waals surface area contributed by atoms with Crippen LogP contribution in [0.5, 0.6) is 0 Å². The molecule has 1 saturated heterocycles. The summed E-state index contributed by atoms with van der Waals surface area (Å²) in [5.41, 5.74) is 6.61. The number of nitrogens with two attached hydrogens (primary N) is 1. The molecule has 5 N–H and O–H groups in total. The van der Waals surface area contributed by atoms with E-state index >= 15 is 0 Å². The number of halogens is 2. The van der Waals surface area contributed by atoms with Crippen molar-refractivity contribution < 1.29 is 19.5 Å². The second-order valence-corrected chi connectivity index (χ2v) is 10.4. The third-order valence-corrected chi connectivity index (χ3v) is 7.66. The molecular weight excluding hydrogens is 487 g/mol. The maximum atomic E-state index is 12.6. The van der Waals surface area contributed by atoms with Gasteiger partial charge in [-0.2, -0.15) is 0 Å². The molecule has 33 heavy (non-hydrogen) atoms. The number of carboxylic acid groups (broad SMARTS) is 1. The van der Waals surface area contributed by atoms with Crippen molar-refractivity contribution in [2.75, 3.05) is 17.2 Å². The smallest absolute Gasteiger partial charge is 0.324 e. The van der Waals surface area contributed by atoms with Gasteiger partial charge in [0.1, 0.15) is 5.00 Å². The first-order valence-corrected chi connectivity index (χ1v) is 11.5. The lowest BCUT2D eigenvalue weighted by atomic mass is 9.89. The number of aliphatic carboxylic acids is 1. The molecule has 1 aromatic heterocycles. The number of benzene rings is 1. The summed E-state index contributed by atoms with van der Waals surface area (Å²) < 4.78 is 0. The van der Waals surface area contributed by atoms with Gasteiger partial charge in [-0.25, -0.2) is 4.79 Å². The number of hydrogen-bond acceptors (Lipinski definition) is 5. The van der Waals surface area contributed by atoms with E-state index in [-0.39, 0.29) is 24.5 Å². The van der Waals surface area contributed by atoms with Crippen LogP contribution >= 0.6 is 35.3 Å². The van der Waals surface area contributed by atoms with Crippen molar-refractivity contribution in [1.82, 2.24) is 4.90 Å². The summed E-state index contributed by atoms with van der Waals surface area (Å²) in [5.74, 6) is -1.42. The van der Waals surface area contributed by atoms with Crippen LogP contribution in [0, 0.1) is 5.41 Å². The topological polar surface area (TPSA) is 125 Å². The minimum absolute atomic E-state index is 0. The van der Waals surface area contributed by atoms with Crippen molar-refractivity contribution in [1.29, 1.82) is 0 Å². The quantitative estimate of drug-likeness (QED) is 0.444. The normalized spacial score (nSPS) is 19.4. The number of urea groups is 1. The molecule has 0 aliphatic carbocycles. The Morgan fingerprint density at radius 2 is 1.88 bits per heavy atom. The van der Waals surface area contributed by atoms with Crippen LogP contribution in [0.15, 0.2) is 24.3 Å². The van der Waals surface area contributed by atoms with Crippen LogP contribution in [0.4, 0.5) is 15.5 Å². The molecule has 8 nitrogen and oxygen atoms in total. The fraction of sp³-hybridized carbons (Fsp3) is 0.409. The van der Waals surface area contributed by atoms with Gasteiger partial charge in [0.15, 0.2) is 0 Å². The molecule has 11 heteroatoms. The van der Waals surface area contributed by atoms with Gasteiger partial charge in [0.05, 0.1) is 11.0 Å². The van der Waals surface area contributed by atoms with Gasteiger partial charge in [0.25, 0.3) is 5.91 Å². The molecule has 3 amide bonds. The van der Waals surface area contributed by atoms with Crippen LogP contribution in [0.2, 0.25) is 5.02 Å². The highest BCUT2D eigenvalue weighted by Crippen LogP contribution is 2.51. The van der Waals surface area contributed by atoms with Crippen molar-refractivity contribution in [3.8, 4) is 0 Å². The number of carboxylic acids is 1. The molecule has 2 bridgehead atoms. The number of rotatable bonds is 6. The van der Waals surface area contributed by atoms with E-state index in [4.69, 9.17) is 17.3 Å². The Hall–Kier alpha value is -2.33. The molecule has 0 spiro atoms. The molecule has 2 unspecified atom stereocenters. The van der Waals surface area contributed by atoms with Gasteiger partial charge in [0, 0.05) is 34.2 Å². The van der Waals surface area contributed by atoms with Crippen LogP contribution in [-0.4, -0.2) is 40.5 Å². The Kier molecular flexibility index (Phi) is 7.28. The zero-order valence-corrected chi connectivity index (χ0v) is 20.6. The monoisotopic (exact) mass is 512 g/mol. The number of nitrogens with one attached hydrogen (secondary N) is 2. The van der Waals surface area contributed by atoms with Crippen LogP contribution in [-0.2, 0) is 11.2 Å². The maximum absolute atomic E-state index is 12.6. The molecule has 2 aliphatic rings. The van der Waals surface area contributed by atoms with Crippen LogP contribution in [0.25, 0.3) is 0 Å². The van der Waals surface area contributed by atoms with E-state index in [9.17, 15) is 19.5 Å². The minimum atomic E-state index is -0.887. The number of hydrogen-bond donors (Lipinski definition) is 4. The Morgan fingerprint density at radius 1 is 1.21 bits per heavy atom. The first-order valence-electron chi connectivity index (χ1n) is 10.3. The summed E-state index contributed by atoms with van der Waals surface area (Å²) in [6, 6.07) is 6.37. The van der Waals surface area contributed by atoms with Crippen molar-refractivity contribution in [3.05, 3.63) is 45.3 Å². The average Bonchev–Trinajstić information content (AvgIpc) is 3.19. The predicted octanol–water partition coefficient (Wildman–Crippen LogP) is 4.74. The van der Waals surface area contributed by atoms with Crippen molar-refractivity contribution >= 4 is 63.9 Å².